The first-order chi connectivity index (χ1) is 14.7. The first-order valence-electron chi connectivity index (χ1n) is 10.1. The molecule has 2 aliphatic heterocycles. The highest BCUT2D eigenvalue weighted by Gasteiger charge is 2.31. The summed E-state index contributed by atoms with van der Waals surface area (Å²) in [5, 5.41) is 6.63. The molecule has 5 nitrogen and oxygen atoms in total. The molecule has 30 heavy (non-hydrogen) atoms. The number of amides is 1. The fourth-order valence-electron chi connectivity index (χ4n) is 3.57. The van der Waals surface area contributed by atoms with Crippen LogP contribution in [-0.2, 0) is 4.79 Å². The van der Waals surface area contributed by atoms with Gasteiger partial charge in [-0.15, -0.1) is 0 Å². The molecule has 0 spiro atoms. The van der Waals surface area contributed by atoms with Crippen molar-refractivity contribution in [3.63, 3.8) is 0 Å². The van der Waals surface area contributed by atoms with Gasteiger partial charge in [-0.05, 0) is 40.0 Å². The molecule has 0 saturated carbocycles. The third kappa shape index (κ3) is 4.28. The Morgan fingerprint density at radius 1 is 1.13 bits per heavy atom. The summed E-state index contributed by atoms with van der Waals surface area (Å²) in [6, 6.07) is 14.0. The molecule has 0 aliphatic carbocycles. The van der Waals surface area contributed by atoms with Crippen LogP contribution in [0.25, 0.3) is 11.3 Å². The van der Waals surface area contributed by atoms with E-state index in [2.05, 4.69) is 24.8 Å². The molecule has 0 saturated heterocycles. The van der Waals surface area contributed by atoms with Crippen molar-refractivity contribution in [1.29, 1.82) is 0 Å². The van der Waals surface area contributed by atoms with E-state index in [9.17, 15) is 4.79 Å². The molecule has 1 amide bonds. The minimum absolute atomic E-state index is 0.0556. The molecule has 2 aromatic carbocycles. The molecule has 2 aromatic rings. The second-order valence-corrected chi connectivity index (χ2v) is 9.19. The maximum absolute atomic E-state index is 13.1. The minimum Gasteiger partial charge on any atom is -0.490 e. The normalized spacial score (nSPS) is 18.9. The lowest BCUT2D eigenvalue weighted by atomic mass is 9.99. The van der Waals surface area contributed by atoms with Gasteiger partial charge in [0.15, 0.2) is 11.5 Å². The van der Waals surface area contributed by atoms with Crippen molar-refractivity contribution in [3.05, 3.63) is 63.8 Å². The van der Waals surface area contributed by atoms with Crippen LogP contribution < -0.4 is 20.1 Å². The Balaban J connectivity index is 1.86. The number of benzene rings is 2. The minimum atomic E-state index is -0.122. The van der Waals surface area contributed by atoms with Crippen LogP contribution in [0.5, 0.6) is 11.5 Å². The van der Waals surface area contributed by atoms with Crippen molar-refractivity contribution in [3.8, 4) is 11.5 Å². The van der Waals surface area contributed by atoms with Crippen molar-refractivity contribution in [2.75, 3.05) is 18.5 Å². The number of carbonyl (C=O) groups excluding carboxylic acids is 1. The standard InChI is InChI=1S/C24H25IN2O3/c1-3-29-20-14-18-19(15-21(20)30-4-2)27-24(28)22(18)23(16-8-6-5-7-9-16)26-17-10-12-25-13-11-17/h5-10,12-15,17,26H,3-4,11H2,1-2H3,(H,27,28)/b23-22-. The summed E-state index contributed by atoms with van der Waals surface area (Å²) in [5.41, 5.74) is 4.02. The Morgan fingerprint density at radius 3 is 2.53 bits per heavy atom. The zero-order chi connectivity index (χ0) is 20.9. The number of hydrogen-bond donors (Lipinski definition) is 2. The SMILES string of the molecule is CCOc1cc2c(cc1OCC)/C(=C(/NC1C=CI=CC1)c1ccccc1)C(=O)N2. The molecular weight excluding hydrogens is 491 g/mol. The van der Waals surface area contributed by atoms with Crippen molar-refractivity contribution in [1.82, 2.24) is 5.32 Å². The average Bonchev–Trinajstić information content (AvgIpc) is 3.08. The van der Waals surface area contributed by atoms with Gasteiger partial charge in [-0.25, -0.2) is 0 Å². The van der Waals surface area contributed by atoms with Crippen LogP contribution in [0.2, 0.25) is 0 Å². The topological polar surface area (TPSA) is 59.6 Å². The predicted octanol–water partition coefficient (Wildman–Crippen LogP) is 4.95. The van der Waals surface area contributed by atoms with Crippen LogP contribution in [0.1, 0.15) is 31.4 Å². The predicted molar refractivity (Wildman–Crippen MR) is 131 cm³/mol. The third-order valence-electron chi connectivity index (χ3n) is 4.88. The number of hydrogen-bond acceptors (Lipinski definition) is 4. The second kappa shape index (κ2) is 9.47. The molecule has 0 aromatic heterocycles. The van der Waals surface area contributed by atoms with Gasteiger partial charge in [0.1, 0.15) is 0 Å². The van der Waals surface area contributed by atoms with Crippen LogP contribution in [-0.4, -0.2) is 29.2 Å². The van der Waals surface area contributed by atoms with Gasteiger partial charge in [-0.3, -0.25) is 4.79 Å². The summed E-state index contributed by atoms with van der Waals surface area (Å²) < 4.78 is 16.2. The zero-order valence-electron chi connectivity index (χ0n) is 17.1. The van der Waals surface area contributed by atoms with Gasteiger partial charge in [0.25, 0.3) is 5.91 Å². The molecule has 2 aliphatic rings. The van der Waals surface area contributed by atoms with Crippen molar-refractivity contribution in [2.24, 2.45) is 0 Å². The summed E-state index contributed by atoms with van der Waals surface area (Å²) in [4.78, 5) is 13.1. The van der Waals surface area contributed by atoms with Crippen LogP contribution in [0, 0.1) is 0 Å². The molecular formula is C24H25IN2O3. The molecule has 156 valence electrons. The number of halogens is 1. The van der Waals surface area contributed by atoms with Gasteiger partial charge in [0, 0.05) is 17.7 Å². The molecule has 6 heteroatoms. The molecule has 0 fully saturated rings. The first kappa shape index (κ1) is 20.7. The van der Waals surface area contributed by atoms with E-state index in [4.69, 9.17) is 9.47 Å². The number of ether oxygens (including phenoxy) is 2. The molecule has 1 unspecified atom stereocenters. The number of carbonyl (C=O) groups is 1. The van der Waals surface area contributed by atoms with E-state index in [0.29, 0.717) is 30.3 Å². The monoisotopic (exact) mass is 516 g/mol. The summed E-state index contributed by atoms with van der Waals surface area (Å²) >= 11 is 0.0556. The lowest BCUT2D eigenvalue weighted by Gasteiger charge is -2.21. The average molecular weight is 516 g/mol. The Kier molecular flexibility index (Phi) is 6.52. The van der Waals surface area contributed by atoms with Crippen LogP contribution >= 0.6 is 20.7 Å². The summed E-state index contributed by atoms with van der Waals surface area (Å²) in [7, 11) is 0. The number of nitrogens with one attached hydrogen (secondary N) is 2. The maximum atomic E-state index is 13.1. The van der Waals surface area contributed by atoms with Crippen molar-refractivity contribution >= 4 is 47.6 Å². The molecule has 4 rings (SSSR count). The number of rotatable bonds is 7. The first-order valence-corrected chi connectivity index (χ1v) is 12.6. The highest BCUT2D eigenvalue weighted by atomic mass is 127. The van der Waals surface area contributed by atoms with Gasteiger partial charge in [-0.2, -0.15) is 0 Å². The fourth-order valence-corrected chi connectivity index (χ4v) is 5.44. The van der Waals surface area contributed by atoms with E-state index in [1.165, 1.54) is 0 Å². The molecule has 1 atom stereocenters. The van der Waals surface area contributed by atoms with Gasteiger partial charge in [0.05, 0.1) is 30.2 Å². The quantitative estimate of drug-likeness (QED) is 0.404. The molecule has 2 N–H and O–H groups in total. The van der Waals surface area contributed by atoms with Gasteiger partial charge in [-0.1, -0.05) is 57.1 Å². The van der Waals surface area contributed by atoms with Gasteiger partial charge >= 0.3 is 0 Å². The van der Waals surface area contributed by atoms with E-state index in [1.54, 1.807) is 0 Å². The van der Waals surface area contributed by atoms with Crippen molar-refractivity contribution < 1.29 is 14.3 Å². The molecule has 2 heterocycles. The van der Waals surface area contributed by atoms with E-state index < -0.39 is 0 Å². The summed E-state index contributed by atoms with van der Waals surface area (Å²) in [5.74, 6) is 1.17. The smallest absolute Gasteiger partial charge is 0.258 e. The van der Waals surface area contributed by atoms with Crippen molar-refractivity contribution in [2.45, 2.75) is 26.3 Å². The molecule has 0 radical (unpaired) electrons. The highest BCUT2D eigenvalue weighted by molar-refractivity contribution is 14.2. The van der Waals surface area contributed by atoms with E-state index >= 15 is 0 Å². The number of fused-ring (bicyclic) bond motifs is 1. The Hall–Kier alpha value is -2.61. The van der Waals surface area contributed by atoms with E-state index in [0.717, 1.165) is 28.9 Å². The van der Waals surface area contributed by atoms with Gasteiger partial charge < -0.3 is 20.1 Å². The largest absolute Gasteiger partial charge is 0.490 e. The Labute approximate surface area is 186 Å². The zero-order valence-corrected chi connectivity index (χ0v) is 19.2. The maximum Gasteiger partial charge on any atom is 0.258 e. The van der Waals surface area contributed by atoms with Crippen LogP contribution in [0.3, 0.4) is 0 Å². The second-order valence-electron chi connectivity index (χ2n) is 6.87. The lowest BCUT2D eigenvalue weighted by molar-refractivity contribution is -0.110. The Morgan fingerprint density at radius 2 is 1.87 bits per heavy atom. The fraction of sp³-hybridized carbons (Fsp3) is 0.250. The third-order valence-corrected chi connectivity index (χ3v) is 6.73. The summed E-state index contributed by atoms with van der Waals surface area (Å²) in [6.45, 7) is 4.92. The molecule has 0 bridgehead atoms. The van der Waals surface area contributed by atoms with Crippen LogP contribution in [0.4, 0.5) is 5.69 Å². The van der Waals surface area contributed by atoms with Crippen LogP contribution in [0.15, 0.2) is 52.6 Å². The van der Waals surface area contributed by atoms with Gasteiger partial charge in [0.2, 0.25) is 0 Å². The van der Waals surface area contributed by atoms with E-state index in [1.807, 2.05) is 56.3 Å². The summed E-state index contributed by atoms with van der Waals surface area (Å²) in [6.07, 6.45) is 3.18. The Bertz CT molecular complexity index is 1030. The lowest BCUT2D eigenvalue weighted by Crippen LogP contribution is -2.28. The van der Waals surface area contributed by atoms with E-state index in [-0.39, 0.29) is 32.7 Å². The highest BCUT2D eigenvalue weighted by Crippen LogP contribution is 2.43. The number of anilines is 1.